The first kappa shape index (κ1) is 34.9. The van der Waals surface area contributed by atoms with Gasteiger partial charge >= 0.3 is 5.97 Å². The summed E-state index contributed by atoms with van der Waals surface area (Å²) in [5.74, 6) is -2.23. The van der Waals surface area contributed by atoms with Gasteiger partial charge < -0.3 is 15.1 Å². The van der Waals surface area contributed by atoms with E-state index in [9.17, 15) is 4.79 Å². The molecular weight excluding hydrogens is 348 g/mol. The van der Waals surface area contributed by atoms with Gasteiger partial charge in [-0.3, -0.25) is 9.59 Å². The lowest BCUT2D eigenvalue weighted by Gasteiger charge is -1.96. The van der Waals surface area contributed by atoms with Crippen molar-refractivity contribution in [2.45, 2.75) is 92.4 Å². The van der Waals surface area contributed by atoms with E-state index in [1.54, 1.807) is 0 Å². The molecule has 0 aromatic carbocycles. The molecule has 0 fully saturated rings. The van der Waals surface area contributed by atoms with Crippen molar-refractivity contribution in [3.8, 4) is 0 Å². The van der Waals surface area contributed by atoms with E-state index in [0.717, 1.165) is 13.8 Å². The SMILES string of the molecule is CC(=O)O.CC(=O)O.CCCC(=O)OO.CCCCCCCCC.S. The molecule has 0 saturated carbocycles. The molecule has 0 aliphatic rings. The quantitative estimate of drug-likeness (QED) is 0.309. The summed E-state index contributed by atoms with van der Waals surface area (Å²) in [5, 5.41) is 22.4. The van der Waals surface area contributed by atoms with Crippen LogP contribution in [0.4, 0.5) is 0 Å². The minimum atomic E-state index is -0.833. The Kier molecular flexibility index (Phi) is 47.7. The summed E-state index contributed by atoms with van der Waals surface area (Å²) in [6.07, 6.45) is 11.0. The minimum Gasteiger partial charge on any atom is -0.481 e. The Morgan fingerprint density at radius 1 is 0.720 bits per heavy atom. The fraction of sp³-hybridized carbons (Fsp3) is 0.824. The molecule has 0 aliphatic carbocycles. The third kappa shape index (κ3) is 103. The van der Waals surface area contributed by atoms with E-state index in [0.29, 0.717) is 6.42 Å². The van der Waals surface area contributed by atoms with Crippen LogP contribution < -0.4 is 0 Å². The van der Waals surface area contributed by atoms with Crippen molar-refractivity contribution in [2.75, 3.05) is 0 Å². The molecular formula is C17H38O7S. The Labute approximate surface area is 159 Å². The molecule has 0 unspecified atom stereocenters. The van der Waals surface area contributed by atoms with E-state index in [1.807, 2.05) is 6.92 Å². The predicted octanol–water partition coefficient (Wildman–Crippen LogP) is 4.85. The maximum Gasteiger partial charge on any atom is 0.342 e. The van der Waals surface area contributed by atoms with Gasteiger partial charge in [-0.1, -0.05) is 65.7 Å². The van der Waals surface area contributed by atoms with Crippen LogP contribution in [0.15, 0.2) is 0 Å². The normalized spacial score (nSPS) is 7.92. The Morgan fingerprint density at radius 3 is 1.16 bits per heavy atom. The molecule has 154 valence electrons. The number of carbonyl (C=O) groups excluding carboxylic acids is 1. The van der Waals surface area contributed by atoms with Crippen molar-refractivity contribution in [1.29, 1.82) is 0 Å². The average Bonchev–Trinajstić information content (AvgIpc) is 2.47. The summed E-state index contributed by atoms with van der Waals surface area (Å²) in [5.41, 5.74) is 0. The maximum absolute atomic E-state index is 9.94. The zero-order valence-corrected chi connectivity index (χ0v) is 17.3. The van der Waals surface area contributed by atoms with Gasteiger partial charge in [-0.2, -0.15) is 18.8 Å². The van der Waals surface area contributed by atoms with E-state index < -0.39 is 17.9 Å². The molecule has 0 aromatic heterocycles. The van der Waals surface area contributed by atoms with Crippen LogP contribution in [0, 0.1) is 0 Å². The van der Waals surface area contributed by atoms with Crippen LogP contribution in [-0.4, -0.2) is 33.4 Å². The highest BCUT2D eigenvalue weighted by molar-refractivity contribution is 7.59. The molecule has 0 spiro atoms. The Bertz CT molecular complexity index is 258. The Balaban J connectivity index is -0.0000000746. The zero-order valence-electron chi connectivity index (χ0n) is 16.3. The summed E-state index contributed by atoms with van der Waals surface area (Å²) < 4.78 is 0. The van der Waals surface area contributed by atoms with E-state index in [2.05, 4.69) is 18.7 Å². The summed E-state index contributed by atoms with van der Waals surface area (Å²) in [6.45, 7) is 8.52. The van der Waals surface area contributed by atoms with Crippen molar-refractivity contribution in [1.82, 2.24) is 0 Å². The van der Waals surface area contributed by atoms with Gasteiger partial charge in [0, 0.05) is 20.3 Å². The number of aliphatic carboxylic acids is 2. The molecule has 0 rings (SSSR count). The number of hydrogen-bond donors (Lipinski definition) is 3. The fourth-order valence-electron chi connectivity index (χ4n) is 1.28. The van der Waals surface area contributed by atoms with Crippen LogP contribution in [0.25, 0.3) is 0 Å². The van der Waals surface area contributed by atoms with Crippen LogP contribution in [0.1, 0.15) is 92.4 Å². The largest absolute Gasteiger partial charge is 0.481 e. The maximum atomic E-state index is 9.94. The minimum absolute atomic E-state index is 0. The first-order valence-electron chi connectivity index (χ1n) is 8.42. The standard InChI is InChI=1S/C9H20.C4H8O3.2C2H4O2.H2S/c1-3-5-7-9-8-6-4-2;1-2-3-4(5)7-6;2*1-2(3)4;/h3-9H2,1-2H3;6H,2-3H2,1H3;2*1H3,(H,3,4);1H2. The summed E-state index contributed by atoms with van der Waals surface area (Å²) in [4.78, 5) is 31.3. The summed E-state index contributed by atoms with van der Waals surface area (Å²) >= 11 is 0. The number of carbonyl (C=O) groups is 3. The van der Waals surface area contributed by atoms with Gasteiger partial charge in [0.2, 0.25) is 0 Å². The molecule has 8 heteroatoms. The van der Waals surface area contributed by atoms with Gasteiger partial charge in [-0.25, -0.2) is 4.79 Å². The molecule has 3 N–H and O–H groups in total. The molecule has 0 heterocycles. The second-order valence-corrected chi connectivity index (χ2v) is 5.02. The fourth-order valence-corrected chi connectivity index (χ4v) is 1.28. The van der Waals surface area contributed by atoms with Crippen LogP contribution in [0.5, 0.6) is 0 Å². The lowest BCUT2D eigenvalue weighted by Crippen LogP contribution is -1.97. The van der Waals surface area contributed by atoms with Gasteiger partial charge in [0.15, 0.2) is 0 Å². The third-order valence-corrected chi connectivity index (χ3v) is 2.26. The van der Waals surface area contributed by atoms with Crippen molar-refractivity contribution in [3.63, 3.8) is 0 Å². The summed E-state index contributed by atoms with van der Waals surface area (Å²) in [7, 11) is 0. The second-order valence-electron chi connectivity index (χ2n) is 5.02. The average molecular weight is 387 g/mol. The highest BCUT2D eigenvalue weighted by atomic mass is 32.1. The Hall–Kier alpha value is -1.28. The Morgan fingerprint density at radius 2 is 1.00 bits per heavy atom. The highest BCUT2D eigenvalue weighted by Gasteiger charge is 1.95. The van der Waals surface area contributed by atoms with E-state index in [-0.39, 0.29) is 19.9 Å². The number of unbranched alkanes of at least 4 members (excludes halogenated alkanes) is 6. The van der Waals surface area contributed by atoms with E-state index in [4.69, 9.17) is 25.1 Å². The molecule has 0 aromatic rings. The van der Waals surface area contributed by atoms with Gasteiger partial charge in [0.1, 0.15) is 0 Å². The third-order valence-electron chi connectivity index (χ3n) is 2.26. The number of rotatable bonds is 8. The van der Waals surface area contributed by atoms with Crippen molar-refractivity contribution < 1.29 is 34.7 Å². The smallest absolute Gasteiger partial charge is 0.342 e. The van der Waals surface area contributed by atoms with Gasteiger partial charge in [-0.15, -0.1) is 0 Å². The topological polar surface area (TPSA) is 121 Å². The predicted molar refractivity (Wildman–Crippen MR) is 104 cm³/mol. The van der Waals surface area contributed by atoms with Crippen molar-refractivity contribution in [2.24, 2.45) is 0 Å². The molecule has 0 atom stereocenters. The first-order valence-corrected chi connectivity index (χ1v) is 8.42. The van der Waals surface area contributed by atoms with Gasteiger partial charge in [0.25, 0.3) is 11.9 Å². The molecule has 0 amide bonds. The molecule has 0 saturated heterocycles. The van der Waals surface area contributed by atoms with E-state index in [1.165, 1.54) is 44.9 Å². The van der Waals surface area contributed by atoms with Gasteiger partial charge in [-0.05, 0) is 6.42 Å². The molecule has 0 aliphatic heterocycles. The van der Waals surface area contributed by atoms with Crippen molar-refractivity contribution >= 4 is 31.4 Å². The van der Waals surface area contributed by atoms with E-state index >= 15 is 0 Å². The summed E-state index contributed by atoms with van der Waals surface area (Å²) in [6, 6.07) is 0. The number of carboxylic acids is 2. The zero-order chi connectivity index (χ0) is 19.8. The molecule has 25 heavy (non-hydrogen) atoms. The first-order chi connectivity index (χ1) is 11.2. The van der Waals surface area contributed by atoms with Crippen molar-refractivity contribution in [3.05, 3.63) is 0 Å². The lowest BCUT2D eigenvalue weighted by atomic mass is 10.1. The van der Waals surface area contributed by atoms with Crippen LogP contribution in [0.2, 0.25) is 0 Å². The monoisotopic (exact) mass is 386 g/mol. The number of hydrogen-bond acceptors (Lipinski definition) is 5. The number of carboxylic acid groups (broad SMARTS) is 2. The van der Waals surface area contributed by atoms with Crippen LogP contribution in [-0.2, 0) is 19.3 Å². The lowest BCUT2D eigenvalue weighted by molar-refractivity contribution is -0.234. The molecule has 7 nitrogen and oxygen atoms in total. The van der Waals surface area contributed by atoms with Crippen LogP contribution >= 0.6 is 13.5 Å². The van der Waals surface area contributed by atoms with Crippen LogP contribution in [0.3, 0.4) is 0 Å². The molecule has 0 bridgehead atoms. The highest BCUT2D eigenvalue weighted by Crippen LogP contribution is 2.05. The molecule has 0 radical (unpaired) electrons. The van der Waals surface area contributed by atoms with Gasteiger partial charge in [0.05, 0.1) is 0 Å². The second kappa shape index (κ2) is 34.1.